The second-order valence-electron chi connectivity index (χ2n) is 3.87. The van der Waals surface area contributed by atoms with Gasteiger partial charge in [0.15, 0.2) is 0 Å². The normalized spacial score (nSPS) is 11.9. The van der Waals surface area contributed by atoms with Gasteiger partial charge in [-0.3, -0.25) is 14.9 Å². The van der Waals surface area contributed by atoms with Crippen molar-refractivity contribution in [3.63, 3.8) is 0 Å². The highest BCUT2D eigenvalue weighted by Gasteiger charge is 2.24. The second kappa shape index (κ2) is 7.78. The summed E-state index contributed by atoms with van der Waals surface area (Å²) in [5.41, 5.74) is 0.0258. The van der Waals surface area contributed by atoms with Gasteiger partial charge in [-0.15, -0.1) is 11.8 Å². The van der Waals surface area contributed by atoms with Crippen LogP contribution < -0.4 is 0 Å². The lowest BCUT2D eigenvalue weighted by Crippen LogP contribution is -2.20. The number of hydrogen-bond donors (Lipinski definition) is 0. The van der Waals surface area contributed by atoms with E-state index in [0.717, 1.165) is 6.42 Å². The zero-order valence-electron chi connectivity index (χ0n) is 11.0. The van der Waals surface area contributed by atoms with E-state index in [1.807, 2.05) is 6.92 Å². The second-order valence-corrected chi connectivity index (χ2v) is 5.12. The van der Waals surface area contributed by atoms with Gasteiger partial charge in [0, 0.05) is 6.07 Å². The third-order valence-electron chi connectivity index (χ3n) is 2.43. The predicted octanol–water partition coefficient (Wildman–Crippen LogP) is 3.42. The first-order chi connectivity index (χ1) is 9.10. The van der Waals surface area contributed by atoms with Gasteiger partial charge >= 0.3 is 5.97 Å². The van der Waals surface area contributed by atoms with Crippen LogP contribution in [-0.2, 0) is 9.53 Å². The average molecular weight is 283 g/mol. The molecule has 1 unspecified atom stereocenters. The van der Waals surface area contributed by atoms with Gasteiger partial charge in [-0.1, -0.05) is 25.5 Å². The third-order valence-corrected chi connectivity index (χ3v) is 3.74. The SMILES string of the molecule is CCCC(Sc1ccccc1[N+](=O)[O-])C(=O)OCC. The molecule has 0 saturated carbocycles. The van der Waals surface area contributed by atoms with Crippen LogP contribution in [0, 0.1) is 10.1 Å². The fourth-order valence-corrected chi connectivity index (χ4v) is 2.83. The third kappa shape index (κ3) is 4.55. The summed E-state index contributed by atoms with van der Waals surface area (Å²) < 4.78 is 5.00. The van der Waals surface area contributed by atoms with Crippen molar-refractivity contribution in [2.45, 2.75) is 36.8 Å². The van der Waals surface area contributed by atoms with E-state index in [0.29, 0.717) is 17.9 Å². The zero-order valence-corrected chi connectivity index (χ0v) is 11.8. The van der Waals surface area contributed by atoms with Crippen molar-refractivity contribution in [3.8, 4) is 0 Å². The number of carbonyl (C=O) groups is 1. The minimum Gasteiger partial charge on any atom is -0.465 e. The Labute approximate surface area is 116 Å². The van der Waals surface area contributed by atoms with Crippen LogP contribution >= 0.6 is 11.8 Å². The lowest BCUT2D eigenvalue weighted by Gasteiger charge is -2.14. The zero-order chi connectivity index (χ0) is 14.3. The molecule has 0 aliphatic rings. The summed E-state index contributed by atoms with van der Waals surface area (Å²) in [5, 5.41) is 10.5. The maximum absolute atomic E-state index is 11.8. The van der Waals surface area contributed by atoms with Crippen molar-refractivity contribution in [3.05, 3.63) is 34.4 Å². The van der Waals surface area contributed by atoms with Gasteiger partial charge in [-0.25, -0.2) is 0 Å². The number of para-hydroxylation sites is 1. The van der Waals surface area contributed by atoms with E-state index in [9.17, 15) is 14.9 Å². The fourth-order valence-electron chi connectivity index (χ4n) is 1.58. The molecular weight excluding hydrogens is 266 g/mol. The number of benzene rings is 1. The summed E-state index contributed by atoms with van der Waals surface area (Å²) in [6.07, 6.45) is 1.45. The van der Waals surface area contributed by atoms with E-state index >= 15 is 0 Å². The molecule has 0 radical (unpaired) electrons. The summed E-state index contributed by atoms with van der Waals surface area (Å²) in [4.78, 5) is 22.8. The molecular formula is C13H17NO4S. The summed E-state index contributed by atoms with van der Waals surface area (Å²) in [5.74, 6) is -0.312. The highest BCUT2D eigenvalue weighted by molar-refractivity contribution is 8.00. The van der Waals surface area contributed by atoms with Crippen LogP contribution in [0.1, 0.15) is 26.7 Å². The van der Waals surface area contributed by atoms with Gasteiger partial charge in [-0.05, 0) is 19.4 Å². The molecule has 6 heteroatoms. The Morgan fingerprint density at radius 3 is 2.68 bits per heavy atom. The Kier molecular flexibility index (Phi) is 6.35. The number of nitro groups is 1. The number of ether oxygens (including phenoxy) is 1. The molecule has 1 aromatic rings. The Balaban J connectivity index is 2.90. The Bertz CT molecular complexity index is 450. The topological polar surface area (TPSA) is 69.4 Å². The fraction of sp³-hybridized carbons (Fsp3) is 0.462. The molecule has 0 aromatic heterocycles. The molecule has 1 aromatic carbocycles. The first-order valence-corrected chi connectivity index (χ1v) is 7.04. The maximum Gasteiger partial charge on any atom is 0.319 e. The summed E-state index contributed by atoms with van der Waals surface area (Å²) >= 11 is 1.20. The van der Waals surface area contributed by atoms with Crippen LogP contribution in [0.15, 0.2) is 29.2 Å². The minimum atomic E-state index is -0.434. The molecule has 19 heavy (non-hydrogen) atoms. The van der Waals surface area contributed by atoms with Gasteiger partial charge in [0.2, 0.25) is 0 Å². The Morgan fingerprint density at radius 2 is 2.11 bits per heavy atom. The summed E-state index contributed by atoms with van der Waals surface area (Å²) in [7, 11) is 0. The molecule has 0 saturated heterocycles. The average Bonchev–Trinajstić information content (AvgIpc) is 2.39. The van der Waals surface area contributed by atoms with Gasteiger partial charge in [0.1, 0.15) is 5.25 Å². The number of nitro benzene ring substituents is 1. The summed E-state index contributed by atoms with van der Waals surface area (Å²) in [6.45, 7) is 4.03. The van der Waals surface area contributed by atoms with Gasteiger partial charge in [0.25, 0.3) is 5.69 Å². The number of rotatable bonds is 7. The van der Waals surface area contributed by atoms with Crippen molar-refractivity contribution in [2.24, 2.45) is 0 Å². The number of carbonyl (C=O) groups excluding carboxylic acids is 1. The predicted molar refractivity (Wildman–Crippen MR) is 74.3 cm³/mol. The number of nitrogens with zero attached hydrogens (tertiary/aromatic N) is 1. The van der Waals surface area contributed by atoms with Crippen molar-refractivity contribution >= 4 is 23.4 Å². The Morgan fingerprint density at radius 1 is 1.42 bits per heavy atom. The quantitative estimate of drug-likeness (QED) is 0.332. The van der Waals surface area contributed by atoms with Crippen LogP contribution in [0.25, 0.3) is 0 Å². The van der Waals surface area contributed by atoms with Crippen molar-refractivity contribution in [2.75, 3.05) is 6.61 Å². The molecule has 0 fully saturated rings. The van der Waals surface area contributed by atoms with Crippen LogP contribution in [0.3, 0.4) is 0 Å². The first-order valence-electron chi connectivity index (χ1n) is 6.16. The lowest BCUT2D eigenvalue weighted by molar-refractivity contribution is -0.387. The monoisotopic (exact) mass is 283 g/mol. The highest BCUT2D eigenvalue weighted by Crippen LogP contribution is 2.34. The number of hydrogen-bond acceptors (Lipinski definition) is 5. The Hall–Kier alpha value is -1.56. The molecule has 1 atom stereocenters. The number of thioether (sulfide) groups is 1. The first kappa shape index (κ1) is 15.5. The van der Waals surface area contributed by atoms with Crippen LogP contribution in [0.2, 0.25) is 0 Å². The lowest BCUT2D eigenvalue weighted by atomic mass is 10.2. The summed E-state index contributed by atoms with van der Waals surface area (Å²) in [6, 6.07) is 6.44. The molecule has 0 aliphatic heterocycles. The van der Waals surface area contributed by atoms with Crippen LogP contribution in [0.5, 0.6) is 0 Å². The molecule has 104 valence electrons. The van der Waals surface area contributed by atoms with E-state index in [4.69, 9.17) is 4.74 Å². The van der Waals surface area contributed by atoms with Gasteiger partial charge < -0.3 is 4.74 Å². The molecule has 0 heterocycles. The molecule has 0 N–H and O–H groups in total. The molecule has 0 amide bonds. The molecule has 0 aliphatic carbocycles. The number of esters is 1. The molecule has 0 bridgehead atoms. The van der Waals surface area contributed by atoms with E-state index in [1.54, 1.807) is 25.1 Å². The van der Waals surface area contributed by atoms with Crippen LogP contribution in [-0.4, -0.2) is 22.7 Å². The van der Waals surface area contributed by atoms with Crippen molar-refractivity contribution in [1.29, 1.82) is 0 Å². The molecule has 5 nitrogen and oxygen atoms in total. The standard InChI is InChI=1S/C13H17NO4S/c1-3-7-12(13(15)18-4-2)19-11-9-6-5-8-10(11)14(16)17/h5-6,8-9,12H,3-4,7H2,1-2H3. The van der Waals surface area contributed by atoms with Crippen LogP contribution in [0.4, 0.5) is 5.69 Å². The van der Waals surface area contributed by atoms with E-state index in [-0.39, 0.29) is 11.7 Å². The maximum atomic E-state index is 11.8. The van der Waals surface area contributed by atoms with Gasteiger partial charge in [-0.2, -0.15) is 0 Å². The van der Waals surface area contributed by atoms with E-state index in [2.05, 4.69) is 0 Å². The highest BCUT2D eigenvalue weighted by atomic mass is 32.2. The van der Waals surface area contributed by atoms with E-state index < -0.39 is 10.2 Å². The van der Waals surface area contributed by atoms with Gasteiger partial charge in [0.05, 0.1) is 16.4 Å². The van der Waals surface area contributed by atoms with Crippen molar-refractivity contribution < 1.29 is 14.5 Å². The minimum absolute atomic E-state index is 0.0258. The molecule has 1 rings (SSSR count). The van der Waals surface area contributed by atoms with E-state index in [1.165, 1.54) is 17.8 Å². The molecule has 0 spiro atoms. The van der Waals surface area contributed by atoms with Crippen molar-refractivity contribution in [1.82, 2.24) is 0 Å². The smallest absolute Gasteiger partial charge is 0.319 e. The largest absolute Gasteiger partial charge is 0.465 e.